The lowest BCUT2D eigenvalue weighted by Gasteiger charge is -2.34. The zero-order chi connectivity index (χ0) is 34.1. The van der Waals surface area contributed by atoms with E-state index in [2.05, 4.69) is 143 Å². The van der Waals surface area contributed by atoms with Gasteiger partial charge in [-0.05, 0) is 83.7 Å². The van der Waals surface area contributed by atoms with Crippen LogP contribution in [0, 0.1) is 0 Å². The molecule has 0 unspecified atom stereocenters. The van der Waals surface area contributed by atoms with E-state index in [1.807, 2.05) is 0 Å². The number of nitrogens with zero attached hydrogens (tertiary/aromatic N) is 2. The van der Waals surface area contributed by atoms with E-state index in [0.717, 1.165) is 27.5 Å². The summed E-state index contributed by atoms with van der Waals surface area (Å²) in [4.78, 5) is 0. The summed E-state index contributed by atoms with van der Waals surface area (Å²) in [5.74, 6) is 0. The monoisotopic (exact) mass is 619 g/mol. The molecular weight excluding hydrogens is 591 g/mol. The molecule has 2 nitrogen and oxygen atoms in total. The lowest BCUT2D eigenvalue weighted by atomic mass is 9.34. The Morgan fingerprint density at radius 2 is 0.837 bits per heavy atom. The van der Waals surface area contributed by atoms with Gasteiger partial charge >= 0.3 is 0 Å². The molecule has 0 spiro atoms. The van der Waals surface area contributed by atoms with Crippen molar-refractivity contribution in [2.45, 2.75) is 0 Å². The average Bonchev–Trinajstić information content (AvgIpc) is 3.73. The number of aromatic nitrogens is 2. The fourth-order valence-electron chi connectivity index (χ4n) is 9.77. The molecule has 2 aliphatic heterocycles. The highest BCUT2D eigenvalue weighted by Gasteiger charge is 2.41. The van der Waals surface area contributed by atoms with Gasteiger partial charge in [-0.25, -0.2) is 0 Å². The molecule has 222 valence electrons. The molecule has 0 N–H and O–H groups in total. The van der Waals surface area contributed by atoms with Gasteiger partial charge in [0.25, 0.3) is 6.71 Å². The zero-order valence-electron chi connectivity index (χ0n) is 29.2. The first-order chi connectivity index (χ1) is 25.6. The van der Waals surface area contributed by atoms with Crippen molar-refractivity contribution in [3.8, 4) is 11.4 Å². The normalized spacial score (nSPS) is 14.1. The van der Waals surface area contributed by atoms with Crippen LogP contribution in [0.2, 0.25) is 0 Å². The summed E-state index contributed by atoms with van der Waals surface area (Å²) in [6.07, 6.45) is 0. The second kappa shape index (κ2) is 8.39. The summed E-state index contributed by atoms with van der Waals surface area (Å²) in [5, 5.41) is 14.1. The summed E-state index contributed by atoms with van der Waals surface area (Å²) in [7, 11) is 0. The van der Waals surface area contributed by atoms with Crippen LogP contribution in [0.15, 0.2) is 152 Å². The fourth-order valence-corrected chi connectivity index (χ4v) is 9.77. The van der Waals surface area contributed by atoms with Crippen LogP contribution in [0.25, 0.3) is 98.1 Å². The molecule has 0 saturated carbocycles. The molecule has 4 heterocycles. The molecule has 13 rings (SSSR count). The van der Waals surface area contributed by atoms with Crippen molar-refractivity contribution in [2.24, 2.45) is 0 Å². The van der Waals surface area contributed by atoms with E-state index >= 15 is 0 Å². The molecule has 2 aliphatic rings. The van der Waals surface area contributed by atoms with Crippen LogP contribution < -0.4 is 16.4 Å². The van der Waals surface area contributed by atoms with Crippen molar-refractivity contribution in [1.82, 2.24) is 9.13 Å². The first-order valence-corrected chi connectivity index (χ1v) is 17.0. The van der Waals surface area contributed by atoms with Crippen LogP contribution in [-0.2, 0) is 0 Å². The maximum atomic E-state index is 9.70. The molecule has 0 radical (unpaired) electrons. The van der Waals surface area contributed by atoms with Gasteiger partial charge in [0.15, 0.2) is 0 Å². The summed E-state index contributed by atoms with van der Waals surface area (Å²) >= 11 is 0. The minimum atomic E-state index is -0.246. The van der Waals surface area contributed by atoms with Gasteiger partial charge in [-0.1, -0.05) is 127 Å². The van der Waals surface area contributed by atoms with Gasteiger partial charge in [0.1, 0.15) is 0 Å². The molecule has 0 amide bonds. The highest BCUT2D eigenvalue weighted by molar-refractivity contribution is 7.00. The van der Waals surface area contributed by atoms with Gasteiger partial charge < -0.3 is 9.13 Å². The molecule has 0 bridgehead atoms. The van der Waals surface area contributed by atoms with Crippen LogP contribution in [0.1, 0.15) is 4.11 Å². The lowest BCUT2D eigenvalue weighted by Crippen LogP contribution is -2.59. The maximum Gasteiger partial charge on any atom is 0.252 e. The highest BCUT2D eigenvalue weighted by Crippen LogP contribution is 2.45. The van der Waals surface area contributed by atoms with Gasteiger partial charge in [-0.2, -0.15) is 0 Å². The Kier molecular flexibility index (Phi) is 3.82. The average molecular weight is 620 g/mol. The maximum absolute atomic E-state index is 9.70. The van der Waals surface area contributed by atoms with Crippen molar-refractivity contribution in [1.29, 1.82) is 0 Å². The summed E-state index contributed by atoms with van der Waals surface area (Å²) in [6.45, 7) is -0.246. The van der Waals surface area contributed by atoms with E-state index in [0.29, 0.717) is 11.4 Å². The molecule has 2 aromatic heterocycles. The summed E-state index contributed by atoms with van der Waals surface area (Å²) in [5.41, 5.74) is 8.96. The number of fused-ring (bicyclic) bond motifs is 18. The largest absolute Gasteiger partial charge is 0.310 e. The Morgan fingerprint density at radius 3 is 1.31 bits per heavy atom. The van der Waals surface area contributed by atoms with E-state index in [1.165, 1.54) is 75.6 Å². The zero-order valence-corrected chi connectivity index (χ0v) is 26.2. The van der Waals surface area contributed by atoms with Crippen LogP contribution in [-0.4, -0.2) is 15.8 Å². The molecule has 9 aromatic carbocycles. The first kappa shape index (κ1) is 22.3. The van der Waals surface area contributed by atoms with Crippen molar-refractivity contribution in [3.05, 3.63) is 152 Å². The molecule has 0 saturated heterocycles. The van der Waals surface area contributed by atoms with Crippen LogP contribution in [0.4, 0.5) is 0 Å². The van der Waals surface area contributed by atoms with Crippen molar-refractivity contribution in [2.75, 3.05) is 0 Å². The Morgan fingerprint density at radius 1 is 0.429 bits per heavy atom. The Hall–Kier alpha value is -6.32. The lowest BCUT2D eigenvalue weighted by molar-refractivity contribution is 1.14. The molecule has 11 aromatic rings. The van der Waals surface area contributed by atoms with Crippen LogP contribution in [0.3, 0.4) is 0 Å². The second-order valence-electron chi connectivity index (χ2n) is 13.8. The number of hydrogen-bond donors (Lipinski definition) is 0. The van der Waals surface area contributed by atoms with Crippen LogP contribution >= 0.6 is 0 Å². The van der Waals surface area contributed by atoms with Gasteiger partial charge in [-0.3, -0.25) is 0 Å². The van der Waals surface area contributed by atoms with Gasteiger partial charge in [0.05, 0.1) is 26.2 Å². The minimum Gasteiger partial charge on any atom is -0.310 e. The van der Waals surface area contributed by atoms with Crippen molar-refractivity contribution < 1.29 is 4.11 Å². The molecule has 49 heavy (non-hydrogen) atoms. The van der Waals surface area contributed by atoms with E-state index in [1.54, 1.807) is 0 Å². The van der Waals surface area contributed by atoms with Crippen molar-refractivity contribution >= 4 is 110 Å². The van der Waals surface area contributed by atoms with E-state index in [-0.39, 0.29) is 24.8 Å². The second-order valence-corrected chi connectivity index (χ2v) is 13.8. The first-order valence-electron chi connectivity index (χ1n) is 18.5. The minimum absolute atomic E-state index is 0.0486. The quantitative estimate of drug-likeness (QED) is 0.150. The van der Waals surface area contributed by atoms with Crippen LogP contribution in [0.5, 0.6) is 0 Å². The van der Waals surface area contributed by atoms with E-state index in [4.69, 9.17) is 0 Å². The third-order valence-electron chi connectivity index (χ3n) is 11.6. The topological polar surface area (TPSA) is 9.86 Å². The Balaban J connectivity index is 1.36. The van der Waals surface area contributed by atoms with Gasteiger partial charge in [-0.15, -0.1) is 0 Å². The SMILES string of the molecule is [2H]c1c([2H])c2c3c(c1[2H])-n1c4ccc5ccccc5c4c4c5ccccc5cc(c41)B3c1cc3ccccc3c3c4c5ccccc5ccc4n-2c13. The van der Waals surface area contributed by atoms with E-state index < -0.39 is 0 Å². The third kappa shape index (κ3) is 2.78. The molecule has 0 fully saturated rings. The standard InChI is InChI=1S/C46H25BN2/c1-5-14-30-26(10-1)20-22-36-40(30)42-32-16-7-3-12-28(32)24-34-45(42)48(36)38-18-9-19-39-44(38)47(34)35-25-29-13-4-8-17-33(29)43-41-31-15-6-2-11-27(31)21-23-37(41)49(39)46(35)43/h1-25H/i9D,18D,19D. The Labute approximate surface area is 285 Å². The van der Waals surface area contributed by atoms with Gasteiger partial charge in [0.2, 0.25) is 0 Å². The third-order valence-corrected chi connectivity index (χ3v) is 11.6. The predicted octanol–water partition coefficient (Wildman–Crippen LogP) is 9.64. The molecule has 0 aliphatic carbocycles. The smallest absolute Gasteiger partial charge is 0.252 e. The summed E-state index contributed by atoms with van der Waals surface area (Å²) < 4.78 is 33.4. The van der Waals surface area contributed by atoms with Gasteiger partial charge in [0, 0.05) is 32.9 Å². The Bertz CT molecular complexity index is 3290. The van der Waals surface area contributed by atoms with E-state index in [9.17, 15) is 4.11 Å². The highest BCUT2D eigenvalue weighted by atomic mass is 15.0. The molecular formula is C46H25BN2. The number of rotatable bonds is 0. The molecule has 3 heteroatoms. The van der Waals surface area contributed by atoms with Crippen molar-refractivity contribution in [3.63, 3.8) is 0 Å². The molecule has 0 atom stereocenters. The number of hydrogen-bond acceptors (Lipinski definition) is 0. The summed E-state index contributed by atoms with van der Waals surface area (Å²) in [6, 6.07) is 48.2. The predicted molar refractivity (Wildman–Crippen MR) is 210 cm³/mol. The number of benzene rings is 9. The fraction of sp³-hybridized carbons (Fsp3) is 0.